The molecule has 1 aromatic carbocycles. The minimum atomic E-state index is -0.583. The standard InChI is InChI=1S/C11H10ClFN2O2/c1-6-5-15(11(17)14-10(6)16)9-4-7(13)2-3-8(9)12/h2-4,6H,5H2,1H3,(H,14,16,17). The summed E-state index contributed by atoms with van der Waals surface area (Å²) in [5, 5.41) is 2.46. The van der Waals surface area contributed by atoms with Crippen molar-refractivity contribution >= 4 is 29.2 Å². The maximum atomic E-state index is 13.1. The second-order valence-corrected chi connectivity index (χ2v) is 4.31. The number of nitrogens with zero attached hydrogens (tertiary/aromatic N) is 1. The van der Waals surface area contributed by atoms with Crippen LogP contribution < -0.4 is 10.2 Å². The maximum absolute atomic E-state index is 13.1. The van der Waals surface area contributed by atoms with Crippen molar-refractivity contribution in [3.8, 4) is 0 Å². The molecule has 17 heavy (non-hydrogen) atoms. The summed E-state index contributed by atoms with van der Waals surface area (Å²) in [6, 6.07) is 3.17. The molecule has 0 saturated carbocycles. The first-order valence-electron chi connectivity index (χ1n) is 5.06. The Bertz CT molecular complexity index is 492. The topological polar surface area (TPSA) is 49.4 Å². The number of imide groups is 1. The molecule has 6 heteroatoms. The molecule has 0 aromatic heterocycles. The molecule has 1 unspecified atom stereocenters. The Morgan fingerprint density at radius 2 is 2.18 bits per heavy atom. The summed E-state index contributed by atoms with van der Waals surface area (Å²) in [6.45, 7) is 1.87. The highest BCUT2D eigenvalue weighted by Crippen LogP contribution is 2.28. The summed E-state index contributed by atoms with van der Waals surface area (Å²) in [5.41, 5.74) is 0.267. The maximum Gasteiger partial charge on any atom is 0.328 e. The van der Waals surface area contributed by atoms with Crippen LogP contribution in [-0.2, 0) is 4.79 Å². The number of carbonyl (C=O) groups is 2. The fourth-order valence-corrected chi connectivity index (χ4v) is 1.86. The van der Waals surface area contributed by atoms with Gasteiger partial charge in [-0.2, -0.15) is 0 Å². The number of benzene rings is 1. The quantitative estimate of drug-likeness (QED) is 0.837. The van der Waals surface area contributed by atoms with Crippen LogP contribution in [-0.4, -0.2) is 18.5 Å². The lowest BCUT2D eigenvalue weighted by Crippen LogP contribution is -2.54. The summed E-state index contributed by atoms with van der Waals surface area (Å²) < 4.78 is 13.1. The molecule has 0 bridgehead atoms. The normalized spacial score (nSPS) is 20.4. The fourth-order valence-electron chi connectivity index (χ4n) is 1.64. The van der Waals surface area contributed by atoms with Gasteiger partial charge in [-0.1, -0.05) is 18.5 Å². The van der Waals surface area contributed by atoms with Gasteiger partial charge in [0.15, 0.2) is 0 Å². The SMILES string of the molecule is CC1CN(c2cc(F)ccc2Cl)C(=O)NC1=O. The molecule has 1 saturated heterocycles. The van der Waals surface area contributed by atoms with Crippen LogP contribution in [0.15, 0.2) is 18.2 Å². The van der Waals surface area contributed by atoms with Gasteiger partial charge >= 0.3 is 6.03 Å². The van der Waals surface area contributed by atoms with Crippen LogP contribution in [0.5, 0.6) is 0 Å². The zero-order chi connectivity index (χ0) is 12.6. The molecule has 1 aromatic rings. The number of carbonyl (C=O) groups excluding carboxylic acids is 2. The van der Waals surface area contributed by atoms with Crippen LogP contribution in [0.1, 0.15) is 6.92 Å². The average molecular weight is 257 g/mol. The van der Waals surface area contributed by atoms with Crippen molar-refractivity contribution in [2.45, 2.75) is 6.92 Å². The molecule has 1 N–H and O–H groups in total. The zero-order valence-electron chi connectivity index (χ0n) is 9.04. The molecule has 3 amide bonds. The Kier molecular flexibility index (Phi) is 3.02. The van der Waals surface area contributed by atoms with Gasteiger partial charge in [-0.15, -0.1) is 0 Å². The second-order valence-electron chi connectivity index (χ2n) is 3.90. The lowest BCUT2D eigenvalue weighted by Gasteiger charge is -2.30. The third-order valence-electron chi connectivity index (χ3n) is 2.58. The highest BCUT2D eigenvalue weighted by molar-refractivity contribution is 6.34. The van der Waals surface area contributed by atoms with E-state index < -0.39 is 11.8 Å². The van der Waals surface area contributed by atoms with Gasteiger partial charge in [-0.05, 0) is 18.2 Å². The minimum absolute atomic E-state index is 0.188. The van der Waals surface area contributed by atoms with Crippen molar-refractivity contribution in [2.75, 3.05) is 11.4 Å². The summed E-state index contributed by atoms with van der Waals surface area (Å²) >= 11 is 5.91. The van der Waals surface area contributed by atoms with Gasteiger partial charge in [-0.25, -0.2) is 9.18 Å². The van der Waals surface area contributed by atoms with E-state index in [0.717, 1.165) is 0 Å². The number of rotatable bonds is 1. The lowest BCUT2D eigenvalue weighted by molar-refractivity contribution is -0.123. The van der Waals surface area contributed by atoms with E-state index in [4.69, 9.17) is 11.6 Å². The van der Waals surface area contributed by atoms with E-state index in [1.807, 2.05) is 0 Å². The van der Waals surface area contributed by atoms with Crippen molar-refractivity contribution in [1.29, 1.82) is 0 Å². The van der Waals surface area contributed by atoms with Crippen LogP contribution in [0, 0.1) is 11.7 Å². The number of amides is 3. The summed E-state index contributed by atoms with van der Waals surface area (Å²) in [7, 11) is 0. The van der Waals surface area contributed by atoms with Crippen molar-refractivity contribution in [2.24, 2.45) is 5.92 Å². The number of urea groups is 1. The number of nitrogens with one attached hydrogen (secondary N) is 1. The number of halogens is 2. The molecular formula is C11H10ClFN2O2. The van der Waals surface area contributed by atoms with E-state index >= 15 is 0 Å². The second kappa shape index (κ2) is 4.33. The van der Waals surface area contributed by atoms with Crippen molar-refractivity contribution in [1.82, 2.24) is 5.32 Å². The van der Waals surface area contributed by atoms with Crippen LogP contribution in [0.2, 0.25) is 5.02 Å². The molecule has 0 aliphatic carbocycles. The summed E-state index contributed by atoms with van der Waals surface area (Å²) in [4.78, 5) is 24.2. The Hall–Kier alpha value is -1.62. The molecule has 0 radical (unpaired) electrons. The third kappa shape index (κ3) is 2.24. The van der Waals surface area contributed by atoms with E-state index in [9.17, 15) is 14.0 Å². The van der Waals surface area contributed by atoms with E-state index in [2.05, 4.69) is 5.32 Å². The number of hydrogen-bond acceptors (Lipinski definition) is 2. The number of anilines is 1. The highest BCUT2D eigenvalue weighted by atomic mass is 35.5. The predicted molar refractivity (Wildman–Crippen MR) is 61.5 cm³/mol. The van der Waals surface area contributed by atoms with E-state index in [1.54, 1.807) is 6.92 Å². The van der Waals surface area contributed by atoms with E-state index in [-0.39, 0.29) is 29.1 Å². The smallest absolute Gasteiger partial charge is 0.292 e. The molecule has 1 aliphatic rings. The highest BCUT2D eigenvalue weighted by Gasteiger charge is 2.31. The molecule has 0 spiro atoms. The zero-order valence-corrected chi connectivity index (χ0v) is 9.79. The molecule has 1 fully saturated rings. The van der Waals surface area contributed by atoms with E-state index in [1.165, 1.54) is 23.1 Å². The molecule has 1 heterocycles. The van der Waals surface area contributed by atoms with Gasteiger partial charge in [0.05, 0.1) is 16.6 Å². The Balaban J connectivity index is 2.36. The van der Waals surface area contributed by atoms with Gasteiger partial charge < -0.3 is 0 Å². The Labute approximate surface area is 102 Å². The lowest BCUT2D eigenvalue weighted by atomic mass is 10.1. The Morgan fingerprint density at radius 3 is 2.88 bits per heavy atom. The first-order valence-corrected chi connectivity index (χ1v) is 5.44. The van der Waals surface area contributed by atoms with Crippen molar-refractivity contribution < 1.29 is 14.0 Å². The molecule has 1 atom stereocenters. The van der Waals surface area contributed by atoms with Crippen LogP contribution in [0.3, 0.4) is 0 Å². The predicted octanol–water partition coefficient (Wildman–Crippen LogP) is 2.17. The van der Waals surface area contributed by atoms with Crippen LogP contribution >= 0.6 is 11.6 Å². The molecule has 2 rings (SSSR count). The van der Waals surface area contributed by atoms with Crippen LogP contribution in [0.4, 0.5) is 14.9 Å². The van der Waals surface area contributed by atoms with Gasteiger partial charge in [-0.3, -0.25) is 15.0 Å². The van der Waals surface area contributed by atoms with Crippen LogP contribution in [0.25, 0.3) is 0 Å². The summed E-state index contributed by atoms with van der Waals surface area (Å²) in [6.07, 6.45) is 0. The van der Waals surface area contributed by atoms with Gasteiger partial charge in [0.25, 0.3) is 0 Å². The fraction of sp³-hybridized carbons (Fsp3) is 0.273. The molecule has 1 aliphatic heterocycles. The van der Waals surface area contributed by atoms with Gasteiger partial charge in [0.2, 0.25) is 5.91 Å². The number of hydrogen-bond donors (Lipinski definition) is 1. The first-order chi connectivity index (χ1) is 7.99. The average Bonchev–Trinajstić information content (AvgIpc) is 2.27. The van der Waals surface area contributed by atoms with Crippen molar-refractivity contribution in [3.05, 3.63) is 29.0 Å². The summed E-state index contributed by atoms with van der Waals surface area (Å²) in [5.74, 6) is -1.17. The van der Waals surface area contributed by atoms with Crippen molar-refractivity contribution in [3.63, 3.8) is 0 Å². The third-order valence-corrected chi connectivity index (χ3v) is 2.90. The first kappa shape index (κ1) is 11.9. The molecule has 90 valence electrons. The monoisotopic (exact) mass is 256 g/mol. The Morgan fingerprint density at radius 1 is 1.47 bits per heavy atom. The molecule has 4 nitrogen and oxygen atoms in total. The van der Waals surface area contributed by atoms with E-state index in [0.29, 0.717) is 0 Å². The minimum Gasteiger partial charge on any atom is -0.292 e. The molecular weight excluding hydrogens is 247 g/mol. The largest absolute Gasteiger partial charge is 0.328 e. The van der Waals surface area contributed by atoms with Gasteiger partial charge in [0.1, 0.15) is 5.82 Å². The van der Waals surface area contributed by atoms with Gasteiger partial charge in [0, 0.05) is 6.54 Å².